The number of hydrogen-bond donors (Lipinski definition) is 3. The van der Waals surface area contributed by atoms with Crippen molar-refractivity contribution in [3.05, 3.63) is 0 Å². The van der Waals surface area contributed by atoms with E-state index in [0.717, 1.165) is 0 Å². The zero-order valence-electron chi connectivity index (χ0n) is 9.10. The number of amides is 3. The lowest BCUT2D eigenvalue weighted by atomic mass is 10.1. The fraction of sp³-hybridized carbons (Fsp3) is 0.500. The van der Waals surface area contributed by atoms with E-state index in [4.69, 9.17) is 11.5 Å². The van der Waals surface area contributed by atoms with Crippen LogP contribution in [-0.2, 0) is 9.59 Å². The zero-order chi connectivity index (χ0) is 12.8. The van der Waals surface area contributed by atoms with Crippen LogP contribution in [-0.4, -0.2) is 53.6 Å². The largest absolute Gasteiger partial charge is 0.481 e. The highest BCUT2D eigenvalue weighted by atomic mass is 16.4. The maximum Gasteiger partial charge on any atom is 0.318 e. The number of carboxylic acids is 1. The number of nitrogens with one attached hydrogen (secondary N) is 2. The number of aliphatic carboxylic acids is 1. The van der Waals surface area contributed by atoms with E-state index in [2.05, 4.69) is 16.6 Å². The topological polar surface area (TPSA) is 98.7 Å². The summed E-state index contributed by atoms with van der Waals surface area (Å²) in [6, 6.07) is -1.51. The molecule has 1 saturated heterocycles. The quantitative estimate of drug-likeness (QED) is 0.528. The van der Waals surface area contributed by atoms with Crippen LogP contribution < -0.4 is 10.6 Å². The van der Waals surface area contributed by atoms with Crippen molar-refractivity contribution in [3.8, 4) is 12.3 Å². The van der Waals surface area contributed by atoms with Crippen LogP contribution in [0.25, 0.3) is 0 Å². The molecule has 0 aromatic heterocycles. The summed E-state index contributed by atoms with van der Waals surface area (Å²) in [6.07, 6.45) is 4.57. The van der Waals surface area contributed by atoms with E-state index in [-0.39, 0.29) is 13.1 Å². The number of carboxylic acid groups (broad SMARTS) is 1. The van der Waals surface area contributed by atoms with Crippen molar-refractivity contribution in [2.45, 2.75) is 12.5 Å². The van der Waals surface area contributed by atoms with Crippen molar-refractivity contribution in [2.75, 3.05) is 19.6 Å². The molecule has 17 heavy (non-hydrogen) atoms. The molecular formula is C10H13N3O4. The van der Waals surface area contributed by atoms with Gasteiger partial charge in [0, 0.05) is 13.1 Å². The van der Waals surface area contributed by atoms with Crippen LogP contribution in [0.2, 0.25) is 0 Å². The number of urea groups is 1. The van der Waals surface area contributed by atoms with Gasteiger partial charge < -0.3 is 20.6 Å². The van der Waals surface area contributed by atoms with Gasteiger partial charge in [-0.2, -0.15) is 0 Å². The van der Waals surface area contributed by atoms with E-state index >= 15 is 0 Å². The predicted octanol–water partition coefficient (Wildman–Crippen LogP) is -1.40. The molecule has 0 saturated carbocycles. The molecule has 7 nitrogen and oxygen atoms in total. The van der Waals surface area contributed by atoms with E-state index in [0.29, 0.717) is 6.54 Å². The van der Waals surface area contributed by atoms with Crippen LogP contribution in [0, 0.1) is 12.3 Å². The standard InChI is InChI=1S/C10H13N3O4/c1-2-3-12-10(17)13-5-4-11-9(16)7(13)6-8(14)15/h1,7H,3-6H2,(H,11,16)(H,12,17)(H,14,15). The predicted molar refractivity (Wildman–Crippen MR) is 58.0 cm³/mol. The molecule has 1 unspecified atom stereocenters. The third kappa shape index (κ3) is 3.38. The van der Waals surface area contributed by atoms with Gasteiger partial charge in [-0.25, -0.2) is 4.79 Å². The van der Waals surface area contributed by atoms with Gasteiger partial charge in [0.2, 0.25) is 5.91 Å². The van der Waals surface area contributed by atoms with Gasteiger partial charge in [0.15, 0.2) is 0 Å². The summed E-state index contributed by atoms with van der Waals surface area (Å²) in [5.74, 6) is 0.628. The van der Waals surface area contributed by atoms with Crippen LogP contribution in [0.3, 0.4) is 0 Å². The van der Waals surface area contributed by atoms with E-state index in [1.54, 1.807) is 0 Å². The van der Waals surface area contributed by atoms with Crippen molar-refractivity contribution in [3.63, 3.8) is 0 Å². The number of terminal acetylenes is 1. The number of hydrogen-bond acceptors (Lipinski definition) is 3. The van der Waals surface area contributed by atoms with Crippen molar-refractivity contribution in [1.82, 2.24) is 15.5 Å². The highest BCUT2D eigenvalue weighted by molar-refractivity contribution is 5.91. The molecule has 7 heteroatoms. The fourth-order valence-corrected chi connectivity index (χ4v) is 1.55. The Balaban J connectivity index is 2.72. The minimum atomic E-state index is -1.14. The summed E-state index contributed by atoms with van der Waals surface area (Å²) in [5.41, 5.74) is 0. The highest BCUT2D eigenvalue weighted by Gasteiger charge is 2.34. The number of carbonyl (C=O) groups is 3. The summed E-state index contributed by atoms with van der Waals surface area (Å²) in [5, 5.41) is 13.6. The Morgan fingerprint density at radius 1 is 1.65 bits per heavy atom. The van der Waals surface area contributed by atoms with Gasteiger partial charge in [0.1, 0.15) is 6.04 Å². The van der Waals surface area contributed by atoms with Gasteiger partial charge in [-0.3, -0.25) is 9.59 Å². The first-order valence-corrected chi connectivity index (χ1v) is 5.03. The summed E-state index contributed by atoms with van der Waals surface area (Å²) >= 11 is 0. The van der Waals surface area contributed by atoms with Gasteiger partial charge in [-0.15, -0.1) is 6.42 Å². The first-order valence-electron chi connectivity index (χ1n) is 5.03. The average molecular weight is 239 g/mol. The third-order valence-corrected chi connectivity index (χ3v) is 2.30. The van der Waals surface area contributed by atoms with Crippen molar-refractivity contribution in [1.29, 1.82) is 0 Å². The first-order chi connectivity index (χ1) is 8.06. The second-order valence-corrected chi connectivity index (χ2v) is 3.46. The number of carbonyl (C=O) groups excluding carboxylic acids is 2. The van der Waals surface area contributed by atoms with Gasteiger partial charge in [-0.05, 0) is 0 Å². The van der Waals surface area contributed by atoms with E-state index in [1.807, 2.05) is 0 Å². The lowest BCUT2D eigenvalue weighted by molar-refractivity contribution is -0.142. The number of piperazine rings is 1. The molecular weight excluding hydrogens is 226 g/mol. The molecule has 0 radical (unpaired) electrons. The van der Waals surface area contributed by atoms with Crippen LogP contribution >= 0.6 is 0 Å². The van der Waals surface area contributed by atoms with Crippen molar-refractivity contribution >= 4 is 17.9 Å². The molecule has 3 amide bonds. The van der Waals surface area contributed by atoms with Gasteiger partial charge in [0.05, 0.1) is 13.0 Å². The van der Waals surface area contributed by atoms with Gasteiger partial charge in [0.25, 0.3) is 0 Å². The molecule has 0 bridgehead atoms. The van der Waals surface area contributed by atoms with Crippen LogP contribution in [0.15, 0.2) is 0 Å². The Morgan fingerprint density at radius 3 is 2.94 bits per heavy atom. The van der Waals surface area contributed by atoms with E-state index in [1.165, 1.54) is 4.90 Å². The maximum atomic E-state index is 11.6. The number of rotatable bonds is 3. The Bertz CT molecular complexity index is 374. The first kappa shape index (κ1) is 12.8. The molecule has 0 aromatic rings. The van der Waals surface area contributed by atoms with E-state index in [9.17, 15) is 14.4 Å². The summed E-state index contributed by atoms with van der Waals surface area (Å²) in [7, 11) is 0. The van der Waals surface area contributed by atoms with E-state index < -0.39 is 30.4 Å². The minimum Gasteiger partial charge on any atom is -0.481 e. The second-order valence-electron chi connectivity index (χ2n) is 3.46. The van der Waals surface area contributed by atoms with Crippen molar-refractivity contribution in [2.24, 2.45) is 0 Å². The smallest absolute Gasteiger partial charge is 0.318 e. The molecule has 0 aliphatic carbocycles. The Labute approximate surface area is 98.2 Å². The summed E-state index contributed by atoms with van der Waals surface area (Å²) in [4.78, 5) is 34.9. The normalized spacial score (nSPS) is 19.1. The number of nitrogens with zero attached hydrogens (tertiary/aromatic N) is 1. The fourth-order valence-electron chi connectivity index (χ4n) is 1.55. The molecule has 1 aliphatic heterocycles. The molecule has 0 spiro atoms. The lowest BCUT2D eigenvalue weighted by Gasteiger charge is -2.33. The third-order valence-electron chi connectivity index (χ3n) is 2.30. The lowest BCUT2D eigenvalue weighted by Crippen LogP contribution is -2.59. The Kier molecular flexibility index (Phi) is 4.34. The minimum absolute atomic E-state index is 0.0384. The Hall–Kier alpha value is -2.23. The summed E-state index contributed by atoms with van der Waals surface area (Å²) < 4.78 is 0. The van der Waals surface area contributed by atoms with Crippen molar-refractivity contribution < 1.29 is 19.5 Å². The van der Waals surface area contributed by atoms with Gasteiger partial charge >= 0.3 is 12.0 Å². The maximum absolute atomic E-state index is 11.6. The SMILES string of the molecule is C#CCNC(=O)N1CCNC(=O)C1CC(=O)O. The monoisotopic (exact) mass is 239 g/mol. The average Bonchev–Trinajstić information content (AvgIpc) is 2.28. The molecule has 1 atom stereocenters. The molecule has 92 valence electrons. The van der Waals surface area contributed by atoms with Crippen LogP contribution in [0.5, 0.6) is 0 Å². The molecule has 1 heterocycles. The molecule has 1 rings (SSSR count). The molecule has 1 fully saturated rings. The Morgan fingerprint density at radius 2 is 2.35 bits per heavy atom. The van der Waals surface area contributed by atoms with Gasteiger partial charge in [-0.1, -0.05) is 5.92 Å². The highest BCUT2D eigenvalue weighted by Crippen LogP contribution is 2.09. The molecule has 1 aliphatic rings. The van der Waals surface area contributed by atoms with Crippen LogP contribution in [0.1, 0.15) is 6.42 Å². The van der Waals surface area contributed by atoms with Crippen LogP contribution in [0.4, 0.5) is 4.79 Å². The molecule has 0 aromatic carbocycles. The summed E-state index contributed by atoms with van der Waals surface area (Å²) in [6.45, 7) is 0.606. The molecule has 3 N–H and O–H groups in total. The zero-order valence-corrected chi connectivity index (χ0v) is 9.10. The second kappa shape index (κ2) is 5.75.